The lowest BCUT2D eigenvalue weighted by Gasteiger charge is -2.15. The highest BCUT2D eigenvalue weighted by molar-refractivity contribution is 7.26. The largest absolute Gasteiger partial charge is 0.455 e. The number of nitrogens with zero attached hydrogens (tertiary/aromatic N) is 5. The Morgan fingerprint density at radius 1 is 0.463 bits per heavy atom. The number of benzene rings is 9. The average molecular weight is 881 g/mol. The number of furan rings is 1. The van der Waals surface area contributed by atoms with Gasteiger partial charge in [-0.1, -0.05) is 133 Å². The highest BCUT2D eigenvalue weighted by atomic mass is 32.1. The predicted molar refractivity (Wildman–Crippen MR) is 277 cm³/mol. The fraction of sp³-hybridized carbons (Fsp3) is 0. The maximum Gasteiger partial charge on any atom is 0.166 e. The van der Waals surface area contributed by atoms with E-state index in [4.69, 9.17) is 26.2 Å². The Morgan fingerprint density at radius 3 is 2.10 bits per heavy atom. The van der Waals surface area contributed by atoms with E-state index < -0.39 is 12.1 Å². The quantitative estimate of drug-likeness (QED) is 0.166. The Hall–Kier alpha value is -8.78. The van der Waals surface area contributed by atoms with Crippen LogP contribution in [0.2, 0.25) is 0 Å². The van der Waals surface area contributed by atoms with Gasteiger partial charge in [0.1, 0.15) is 11.2 Å². The predicted octanol–water partition coefficient (Wildman–Crippen LogP) is 16.1. The molecule has 9 aromatic carbocycles. The van der Waals surface area contributed by atoms with Gasteiger partial charge < -0.3 is 8.98 Å². The van der Waals surface area contributed by atoms with Crippen molar-refractivity contribution < 1.29 is 14.0 Å². The minimum atomic E-state index is -0.471. The van der Waals surface area contributed by atoms with Gasteiger partial charge in [0.05, 0.1) is 31.8 Å². The van der Waals surface area contributed by atoms with E-state index >= 15 is 0 Å². The van der Waals surface area contributed by atoms with Gasteiger partial charge in [-0.15, -0.1) is 11.3 Å². The van der Waals surface area contributed by atoms with Crippen molar-refractivity contribution >= 4 is 86.2 Å². The summed E-state index contributed by atoms with van der Waals surface area (Å²) < 4.78 is 72.6. The zero-order chi connectivity index (χ0) is 50.1. The molecule has 0 aliphatic heterocycles. The van der Waals surface area contributed by atoms with Crippen LogP contribution in [0.1, 0.15) is 9.60 Å². The molecule has 0 spiro atoms. The molecule has 0 unspecified atom stereocenters. The van der Waals surface area contributed by atoms with Crippen LogP contribution in [0.4, 0.5) is 0 Å². The first kappa shape index (κ1) is 31.2. The van der Waals surface area contributed by atoms with Crippen LogP contribution in [0.25, 0.3) is 137 Å². The van der Waals surface area contributed by atoms with Crippen LogP contribution >= 0.6 is 11.3 Å². The first-order valence-corrected chi connectivity index (χ1v) is 22.6. The number of para-hydroxylation sites is 5. The highest BCUT2D eigenvalue weighted by Crippen LogP contribution is 2.44. The average Bonchev–Trinajstić information content (AvgIpc) is 4.14. The third kappa shape index (κ3) is 6.02. The SMILES string of the molecule is [2H]c1cc([2H])c2c(c1[2H])c1c([2H])c([2H])c([2H])c([2H])c1n2-c1ccccc1-c1nc(-c2cccc(-c3cccc4c3sc3ccc(-c5cccc6c5oc5ccccc56)cc34)c2)nc(-c2ccc3ncccc3c2)n1. The molecule has 0 fully saturated rings. The zero-order valence-corrected chi connectivity index (χ0v) is 36.0. The number of hydrogen-bond acceptors (Lipinski definition) is 6. The molecule has 5 heterocycles. The Morgan fingerprint density at radius 2 is 1.16 bits per heavy atom. The number of fused-ring (bicyclic) bond motifs is 10. The van der Waals surface area contributed by atoms with Gasteiger partial charge in [-0.05, 0) is 89.4 Å². The first-order chi connectivity index (χ1) is 36.1. The third-order valence-corrected chi connectivity index (χ3v) is 13.8. The van der Waals surface area contributed by atoms with Gasteiger partial charge in [-0.25, -0.2) is 15.0 Å². The molecule has 0 aliphatic carbocycles. The smallest absolute Gasteiger partial charge is 0.166 e. The summed E-state index contributed by atoms with van der Waals surface area (Å²) in [5.74, 6) is 1.04. The van der Waals surface area contributed by atoms with Crippen molar-refractivity contribution in [3.05, 3.63) is 212 Å². The van der Waals surface area contributed by atoms with Gasteiger partial charge in [0.25, 0.3) is 0 Å². The number of aromatic nitrogens is 5. The van der Waals surface area contributed by atoms with Crippen molar-refractivity contribution in [2.45, 2.75) is 0 Å². The van der Waals surface area contributed by atoms with Crippen LogP contribution < -0.4 is 0 Å². The monoisotopic (exact) mass is 880 g/mol. The molecule has 14 rings (SSSR count). The number of pyridine rings is 1. The summed E-state index contributed by atoms with van der Waals surface area (Å²) in [6.07, 6.45) is 1.75. The second-order valence-electron chi connectivity index (χ2n) is 16.4. The van der Waals surface area contributed by atoms with Crippen molar-refractivity contribution in [1.29, 1.82) is 0 Å². The Labute approximate surface area is 397 Å². The van der Waals surface area contributed by atoms with Gasteiger partial charge in [-0.3, -0.25) is 4.98 Å². The van der Waals surface area contributed by atoms with E-state index in [-0.39, 0.29) is 57.8 Å². The second-order valence-corrected chi connectivity index (χ2v) is 17.5. The van der Waals surface area contributed by atoms with Crippen molar-refractivity contribution in [1.82, 2.24) is 24.5 Å². The molecule has 0 amide bonds. The van der Waals surface area contributed by atoms with E-state index in [0.29, 0.717) is 22.9 Å². The van der Waals surface area contributed by atoms with Crippen LogP contribution in [0.3, 0.4) is 0 Å². The van der Waals surface area contributed by atoms with Crippen molar-refractivity contribution in [2.24, 2.45) is 0 Å². The molecule has 0 saturated carbocycles. The molecule has 0 N–H and O–H groups in total. The summed E-state index contributed by atoms with van der Waals surface area (Å²) in [6.45, 7) is 0. The van der Waals surface area contributed by atoms with E-state index in [0.717, 1.165) is 86.4 Å². The summed E-state index contributed by atoms with van der Waals surface area (Å²) in [7, 11) is 0. The van der Waals surface area contributed by atoms with E-state index in [1.807, 2.05) is 72.8 Å². The molecule has 0 aliphatic rings. The van der Waals surface area contributed by atoms with E-state index in [2.05, 4.69) is 77.8 Å². The summed E-state index contributed by atoms with van der Waals surface area (Å²) in [5.41, 5.74) is 9.26. The molecule has 0 saturated heterocycles. The first-order valence-electron chi connectivity index (χ1n) is 25.3. The lowest BCUT2D eigenvalue weighted by Crippen LogP contribution is -2.03. The van der Waals surface area contributed by atoms with Crippen LogP contribution in [-0.4, -0.2) is 24.5 Å². The highest BCUT2D eigenvalue weighted by Gasteiger charge is 2.21. The molecule has 0 atom stereocenters. The summed E-state index contributed by atoms with van der Waals surface area (Å²) in [4.78, 5) is 20.0. The molecule has 67 heavy (non-hydrogen) atoms. The van der Waals surface area contributed by atoms with Crippen LogP contribution in [-0.2, 0) is 0 Å². The van der Waals surface area contributed by atoms with Crippen LogP contribution in [0.5, 0.6) is 0 Å². The Kier molecular flexibility index (Phi) is 6.92. The molecule has 7 heteroatoms. The summed E-state index contributed by atoms with van der Waals surface area (Å²) in [6, 6.07) is 51.7. The van der Waals surface area contributed by atoms with E-state index in [9.17, 15) is 2.74 Å². The summed E-state index contributed by atoms with van der Waals surface area (Å²) >= 11 is 1.75. The topological polar surface area (TPSA) is 69.6 Å². The molecule has 6 nitrogen and oxygen atoms in total. The van der Waals surface area contributed by atoms with Crippen molar-refractivity contribution in [2.75, 3.05) is 0 Å². The molecule has 14 aromatic rings. The molecule has 312 valence electrons. The normalized spacial score (nSPS) is 13.3. The van der Waals surface area contributed by atoms with Gasteiger partial charge in [0, 0.05) is 75.6 Å². The number of rotatable bonds is 6. The van der Waals surface area contributed by atoms with Gasteiger partial charge in [0.15, 0.2) is 17.5 Å². The molecular weight excluding hydrogens is 839 g/mol. The summed E-state index contributed by atoms with van der Waals surface area (Å²) in [5, 5.41) is 5.52. The number of hydrogen-bond donors (Lipinski definition) is 0. The van der Waals surface area contributed by atoms with Gasteiger partial charge in [-0.2, -0.15) is 0 Å². The molecule has 0 radical (unpaired) electrons. The fourth-order valence-electron chi connectivity index (χ4n) is 9.53. The van der Waals surface area contributed by atoms with E-state index in [1.165, 1.54) is 6.07 Å². The van der Waals surface area contributed by atoms with Crippen molar-refractivity contribution in [3.63, 3.8) is 0 Å². The minimum Gasteiger partial charge on any atom is -0.455 e. The Bertz CT molecular complexity index is 4740. The lowest BCUT2D eigenvalue weighted by atomic mass is 9.98. The maximum absolute atomic E-state index is 9.21. The standard InChI is InChI=1S/C60H35N5OS/c1-5-24-51-43(16-1)44-17-2-6-25-52(44)65(51)53-26-7-3-19-48(53)60-63-58(62-59(64-60)40-28-30-50-38(34-40)15-12-32-61-50)39-14-9-13-36(33-39)42-21-11-23-47-49-35-37(29-31-55(49)67-57(42)47)41-20-10-22-46-45-18-4-8-27-54(45)66-56(41)46/h1-35H/i1D,2D,5D,16D,17D,24D,25D. The molecule has 5 aromatic heterocycles. The Balaban J connectivity index is 0.949. The fourth-order valence-corrected chi connectivity index (χ4v) is 10.7. The van der Waals surface area contributed by atoms with Crippen LogP contribution in [0.15, 0.2) is 217 Å². The molecular formula is C60H35N5OS. The lowest BCUT2D eigenvalue weighted by molar-refractivity contribution is 0.670. The van der Waals surface area contributed by atoms with E-state index in [1.54, 1.807) is 34.2 Å². The van der Waals surface area contributed by atoms with Crippen LogP contribution in [0, 0.1) is 0 Å². The van der Waals surface area contributed by atoms with Gasteiger partial charge in [0.2, 0.25) is 0 Å². The van der Waals surface area contributed by atoms with Crippen molar-refractivity contribution in [3.8, 4) is 62.1 Å². The maximum atomic E-state index is 9.21. The number of thiophene rings is 1. The van der Waals surface area contributed by atoms with Gasteiger partial charge >= 0.3 is 0 Å². The third-order valence-electron chi connectivity index (χ3n) is 12.6. The second kappa shape index (κ2) is 14.9. The molecule has 0 bridgehead atoms. The zero-order valence-electron chi connectivity index (χ0n) is 42.2. The minimum absolute atomic E-state index is 0.0569.